The van der Waals surface area contributed by atoms with E-state index in [1.165, 1.54) is 0 Å². The van der Waals surface area contributed by atoms with E-state index in [9.17, 15) is 9.59 Å². The molecule has 0 aliphatic carbocycles. The third kappa shape index (κ3) is 4.06. The molecule has 1 aliphatic rings. The van der Waals surface area contributed by atoms with Gasteiger partial charge in [-0.1, -0.05) is 18.2 Å². The molecule has 4 rings (SSSR count). The predicted octanol–water partition coefficient (Wildman–Crippen LogP) is 4.39. The van der Waals surface area contributed by atoms with Crippen LogP contribution in [0.1, 0.15) is 25.7 Å². The van der Waals surface area contributed by atoms with E-state index in [2.05, 4.69) is 16.9 Å². The zero-order chi connectivity index (χ0) is 20.2. The van der Waals surface area contributed by atoms with E-state index >= 15 is 0 Å². The summed E-state index contributed by atoms with van der Waals surface area (Å²) in [7, 11) is 0. The second kappa shape index (κ2) is 8.31. The number of carbonyl (C=O) groups excluding carboxylic acids is 2. The third-order valence-electron chi connectivity index (χ3n) is 5.13. The summed E-state index contributed by atoms with van der Waals surface area (Å²) in [6.45, 7) is 4.28. The molecule has 148 valence electrons. The van der Waals surface area contributed by atoms with Gasteiger partial charge in [-0.05, 0) is 55.7 Å². The largest absolute Gasteiger partial charge is 0.436 e. The number of anilines is 1. The summed E-state index contributed by atoms with van der Waals surface area (Å²) in [4.78, 5) is 31.2. The van der Waals surface area contributed by atoms with Gasteiger partial charge in [0.2, 0.25) is 17.7 Å². The Balaban J connectivity index is 1.43. The highest BCUT2D eigenvalue weighted by Crippen LogP contribution is 2.26. The monoisotopic (exact) mass is 389 g/mol. The van der Waals surface area contributed by atoms with E-state index in [0.29, 0.717) is 37.4 Å². The molecule has 0 unspecified atom stereocenters. The van der Waals surface area contributed by atoms with Crippen molar-refractivity contribution in [1.29, 1.82) is 0 Å². The number of nitrogens with one attached hydrogen (secondary N) is 1. The van der Waals surface area contributed by atoms with Crippen LogP contribution < -0.4 is 5.32 Å². The standard InChI is InChI=1S/C23H23N3O3/c1-2-3-10-21(27)26-15-6-8-19(26)22(28)24-17-13-11-16(12-14-17)23-25-18-7-4-5-9-20(18)29-23/h2,4-5,7,9,11-14,19H,1,3,6,8,10,15H2,(H,24,28)/t19-/m1/s1. The molecule has 2 heterocycles. The topological polar surface area (TPSA) is 75.4 Å². The summed E-state index contributed by atoms with van der Waals surface area (Å²) in [6, 6.07) is 14.6. The Hall–Kier alpha value is -3.41. The summed E-state index contributed by atoms with van der Waals surface area (Å²) in [6.07, 6.45) is 4.27. The zero-order valence-corrected chi connectivity index (χ0v) is 16.1. The SMILES string of the molecule is C=CCCC(=O)N1CCC[C@@H]1C(=O)Nc1ccc(-c2nc3ccccc3o2)cc1. The van der Waals surface area contributed by atoms with Gasteiger partial charge >= 0.3 is 0 Å². The molecule has 1 aromatic heterocycles. The molecular weight excluding hydrogens is 366 g/mol. The Labute approximate surface area is 169 Å². The van der Waals surface area contributed by atoms with Crippen molar-refractivity contribution >= 4 is 28.6 Å². The van der Waals surface area contributed by atoms with Gasteiger partial charge in [-0.25, -0.2) is 4.98 Å². The predicted molar refractivity (Wildman–Crippen MR) is 112 cm³/mol. The fourth-order valence-corrected chi connectivity index (χ4v) is 3.62. The van der Waals surface area contributed by atoms with Crippen LogP contribution in [-0.4, -0.2) is 34.3 Å². The van der Waals surface area contributed by atoms with Gasteiger partial charge in [0.15, 0.2) is 5.58 Å². The minimum atomic E-state index is -0.413. The first-order valence-electron chi connectivity index (χ1n) is 9.83. The van der Waals surface area contributed by atoms with Gasteiger partial charge in [0, 0.05) is 24.2 Å². The summed E-state index contributed by atoms with van der Waals surface area (Å²) in [5.74, 6) is 0.400. The Kier molecular flexibility index (Phi) is 5.42. The molecule has 0 bridgehead atoms. The van der Waals surface area contributed by atoms with Crippen molar-refractivity contribution in [1.82, 2.24) is 9.88 Å². The van der Waals surface area contributed by atoms with Gasteiger partial charge in [-0.2, -0.15) is 0 Å². The van der Waals surface area contributed by atoms with E-state index in [-0.39, 0.29) is 11.8 Å². The average Bonchev–Trinajstić information content (AvgIpc) is 3.39. The molecule has 0 spiro atoms. The van der Waals surface area contributed by atoms with Crippen molar-refractivity contribution in [2.75, 3.05) is 11.9 Å². The minimum Gasteiger partial charge on any atom is -0.436 e. The highest BCUT2D eigenvalue weighted by atomic mass is 16.3. The molecule has 1 aliphatic heterocycles. The lowest BCUT2D eigenvalue weighted by Gasteiger charge is -2.24. The molecule has 1 atom stereocenters. The fourth-order valence-electron chi connectivity index (χ4n) is 3.62. The van der Waals surface area contributed by atoms with E-state index in [1.807, 2.05) is 48.5 Å². The molecule has 3 aromatic rings. The first-order valence-corrected chi connectivity index (χ1v) is 9.83. The van der Waals surface area contributed by atoms with Crippen LogP contribution in [0.25, 0.3) is 22.6 Å². The number of aromatic nitrogens is 1. The van der Waals surface area contributed by atoms with Crippen LogP contribution in [-0.2, 0) is 9.59 Å². The molecule has 6 heteroatoms. The molecule has 1 N–H and O–H groups in total. The van der Waals surface area contributed by atoms with E-state index in [4.69, 9.17) is 4.42 Å². The third-order valence-corrected chi connectivity index (χ3v) is 5.13. The second-order valence-electron chi connectivity index (χ2n) is 7.13. The summed E-state index contributed by atoms with van der Waals surface area (Å²) >= 11 is 0. The van der Waals surface area contributed by atoms with Gasteiger partial charge in [0.05, 0.1) is 0 Å². The number of hydrogen-bond donors (Lipinski definition) is 1. The quantitative estimate of drug-likeness (QED) is 0.635. The van der Waals surface area contributed by atoms with Gasteiger partial charge < -0.3 is 14.6 Å². The van der Waals surface area contributed by atoms with Crippen LogP contribution in [0.15, 0.2) is 65.6 Å². The Morgan fingerprint density at radius 1 is 1.21 bits per heavy atom. The van der Waals surface area contributed by atoms with Crippen molar-refractivity contribution in [3.8, 4) is 11.5 Å². The molecule has 0 saturated carbocycles. The number of para-hydroxylation sites is 2. The number of fused-ring (bicyclic) bond motifs is 1. The highest BCUT2D eigenvalue weighted by Gasteiger charge is 2.33. The fraction of sp³-hybridized carbons (Fsp3) is 0.261. The van der Waals surface area contributed by atoms with Crippen LogP contribution in [0.3, 0.4) is 0 Å². The maximum atomic E-state index is 12.7. The maximum absolute atomic E-state index is 12.7. The number of likely N-dealkylation sites (tertiary alicyclic amines) is 1. The Bertz CT molecular complexity index is 1010. The molecule has 2 aromatic carbocycles. The zero-order valence-electron chi connectivity index (χ0n) is 16.1. The first-order chi connectivity index (χ1) is 14.2. The number of amides is 2. The molecule has 1 fully saturated rings. The number of benzene rings is 2. The number of rotatable bonds is 6. The normalized spacial score (nSPS) is 16.1. The number of oxazole rings is 1. The molecule has 2 amide bonds. The van der Waals surface area contributed by atoms with Crippen molar-refractivity contribution in [2.24, 2.45) is 0 Å². The Morgan fingerprint density at radius 3 is 2.76 bits per heavy atom. The van der Waals surface area contributed by atoms with Gasteiger partial charge in [-0.15, -0.1) is 6.58 Å². The van der Waals surface area contributed by atoms with Crippen molar-refractivity contribution in [2.45, 2.75) is 31.7 Å². The van der Waals surface area contributed by atoms with Crippen LogP contribution in [0, 0.1) is 0 Å². The second-order valence-corrected chi connectivity index (χ2v) is 7.13. The lowest BCUT2D eigenvalue weighted by molar-refractivity contribution is -0.136. The van der Waals surface area contributed by atoms with Gasteiger partial charge in [0.25, 0.3) is 0 Å². The van der Waals surface area contributed by atoms with E-state index in [1.54, 1.807) is 11.0 Å². The summed E-state index contributed by atoms with van der Waals surface area (Å²) in [5, 5.41) is 2.93. The number of hydrogen-bond acceptors (Lipinski definition) is 4. The van der Waals surface area contributed by atoms with Crippen LogP contribution in [0.4, 0.5) is 5.69 Å². The number of carbonyl (C=O) groups is 2. The molecular formula is C23H23N3O3. The molecule has 6 nitrogen and oxygen atoms in total. The molecule has 0 radical (unpaired) electrons. The highest BCUT2D eigenvalue weighted by molar-refractivity contribution is 5.97. The van der Waals surface area contributed by atoms with Crippen molar-refractivity contribution < 1.29 is 14.0 Å². The van der Waals surface area contributed by atoms with Crippen molar-refractivity contribution in [3.63, 3.8) is 0 Å². The minimum absolute atomic E-state index is 0.00820. The molecule has 1 saturated heterocycles. The van der Waals surface area contributed by atoms with Crippen LogP contribution >= 0.6 is 0 Å². The lowest BCUT2D eigenvalue weighted by atomic mass is 10.1. The lowest BCUT2D eigenvalue weighted by Crippen LogP contribution is -2.43. The van der Waals surface area contributed by atoms with Gasteiger partial charge in [0.1, 0.15) is 11.6 Å². The van der Waals surface area contributed by atoms with Crippen LogP contribution in [0.2, 0.25) is 0 Å². The number of nitrogens with zero attached hydrogens (tertiary/aromatic N) is 2. The summed E-state index contributed by atoms with van der Waals surface area (Å²) < 4.78 is 5.78. The smallest absolute Gasteiger partial charge is 0.247 e. The first kappa shape index (κ1) is 18.9. The molecule has 29 heavy (non-hydrogen) atoms. The van der Waals surface area contributed by atoms with E-state index in [0.717, 1.165) is 23.1 Å². The summed E-state index contributed by atoms with van der Waals surface area (Å²) in [5.41, 5.74) is 3.06. The average molecular weight is 389 g/mol. The van der Waals surface area contributed by atoms with Gasteiger partial charge in [-0.3, -0.25) is 9.59 Å². The van der Waals surface area contributed by atoms with Crippen LogP contribution in [0.5, 0.6) is 0 Å². The Morgan fingerprint density at radius 2 is 2.00 bits per heavy atom. The maximum Gasteiger partial charge on any atom is 0.247 e. The van der Waals surface area contributed by atoms with Crippen molar-refractivity contribution in [3.05, 3.63) is 61.2 Å². The van der Waals surface area contributed by atoms with E-state index < -0.39 is 6.04 Å². The number of allylic oxidation sites excluding steroid dienone is 1.